The second-order valence-corrected chi connectivity index (χ2v) is 7.98. The van der Waals surface area contributed by atoms with Gasteiger partial charge in [-0.25, -0.2) is 4.98 Å². The molecule has 1 aliphatic rings. The molecule has 0 aliphatic carbocycles. The average Bonchev–Trinajstić information content (AvgIpc) is 3.20. The topological polar surface area (TPSA) is 56.2 Å². The molecule has 0 fully saturated rings. The van der Waals surface area contributed by atoms with Crippen LogP contribution in [0.2, 0.25) is 0 Å². The maximum atomic E-state index is 12.6. The van der Waals surface area contributed by atoms with Gasteiger partial charge in [0.05, 0.1) is 17.6 Å². The van der Waals surface area contributed by atoms with Crippen LogP contribution < -0.4 is 10.1 Å². The molecule has 1 aliphatic heterocycles. The van der Waals surface area contributed by atoms with Crippen molar-refractivity contribution in [3.8, 4) is 11.4 Å². The Bertz CT molecular complexity index is 1200. The number of amides is 1. The first-order valence-electron chi connectivity index (χ1n) is 10.8. The van der Waals surface area contributed by atoms with Crippen molar-refractivity contribution in [1.82, 2.24) is 14.9 Å². The molecule has 156 valence electrons. The molecule has 5 rings (SSSR count). The molecular formula is C26H25N3O2. The first-order chi connectivity index (χ1) is 15.3. The van der Waals surface area contributed by atoms with E-state index in [1.165, 1.54) is 5.56 Å². The Kier molecular flexibility index (Phi) is 5.40. The molecule has 1 N–H and O–H groups in total. The van der Waals surface area contributed by atoms with E-state index < -0.39 is 0 Å². The number of aryl methyl sites for hydroxylation is 1. The summed E-state index contributed by atoms with van der Waals surface area (Å²) < 4.78 is 7.98. The highest BCUT2D eigenvalue weighted by Crippen LogP contribution is 2.26. The van der Waals surface area contributed by atoms with E-state index in [-0.39, 0.29) is 5.91 Å². The van der Waals surface area contributed by atoms with Gasteiger partial charge in [-0.15, -0.1) is 0 Å². The minimum absolute atomic E-state index is 0.0468. The van der Waals surface area contributed by atoms with Crippen LogP contribution in [0.4, 0.5) is 0 Å². The molecule has 0 radical (unpaired) electrons. The third-order valence-corrected chi connectivity index (χ3v) is 5.76. The molecule has 5 heteroatoms. The Morgan fingerprint density at radius 3 is 2.68 bits per heavy atom. The summed E-state index contributed by atoms with van der Waals surface area (Å²) in [6.45, 7) is 1.27. The van der Waals surface area contributed by atoms with Crippen LogP contribution in [0.5, 0.6) is 5.75 Å². The van der Waals surface area contributed by atoms with Crippen LogP contribution in [0.15, 0.2) is 78.9 Å². The SMILES string of the molecule is O=C(CCc1nc2ccccc2n1-c1ccccc1)NCC1COc2ccccc2C1. The minimum Gasteiger partial charge on any atom is -0.493 e. The number of carbonyl (C=O) groups excluding carboxylic acids is 1. The van der Waals surface area contributed by atoms with Crippen molar-refractivity contribution in [2.45, 2.75) is 19.3 Å². The Hall–Kier alpha value is -3.60. The number of hydrogen-bond donors (Lipinski definition) is 1. The van der Waals surface area contributed by atoms with E-state index in [1.807, 2.05) is 54.6 Å². The summed E-state index contributed by atoms with van der Waals surface area (Å²) in [5, 5.41) is 3.09. The molecular weight excluding hydrogens is 386 g/mol. The molecule has 0 saturated carbocycles. The van der Waals surface area contributed by atoms with Gasteiger partial charge in [0.1, 0.15) is 11.6 Å². The van der Waals surface area contributed by atoms with E-state index in [1.54, 1.807) is 0 Å². The second-order valence-electron chi connectivity index (χ2n) is 7.98. The maximum absolute atomic E-state index is 12.6. The summed E-state index contributed by atoms with van der Waals surface area (Å²) in [5.41, 5.74) is 4.27. The zero-order valence-electron chi connectivity index (χ0n) is 17.3. The van der Waals surface area contributed by atoms with E-state index in [9.17, 15) is 4.79 Å². The van der Waals surface area contributed by atoms with Crippen LogP contribution in [0.25, 0.3) is 16.7 Å². The molecule has 0 bridgehead atoms. The van der Waals surface area contributed by atoms with Crippen molar-refractivity contribution in [3.05, 3.63) is 90.3 Å². The van der Waals surface area contributed by atoms with Gasteiger partial charge in [0.15, 0.2) is 0 Å². The van der Waals surface area contributed by atoms with Gasteiger partial charge in [0.2, 0.25) is 5.91 Å². The van der Waals surface area contributed by atoms with Gasteiger partial charge in [-0.05, 0) is 42.3 Å². The number of benzene rings is 3. The number of carbonyl (C=O) groups is 1. The second kappa shape index (κ2) is 8.64. The van der Waals surface area contributed by atoms with Crippen molar-refractivity contribution in [2.24, 2.45) is 5.92 Å². The standard InChI is InChI=1S/C26H25N3O2/c30-26(27-17-19-16-20-8-4-7-13-24(20)31-18-19)15-14-25-28-22-11-5-6-12-23(22)29(25)21-9-2-1-3-10-21/h1-13,19H,14-18H2,(H,27,30). The number of para-hydroxylation sites is 4. The van der Waals surface area contributed by atoms with Crippen LogP contribution in [-0.2, 0) is 17.6 Å². The fourth-order valence-corrected chi connectivity index (χ4v) is 4.20. The molecule has 1 aromatic heterocycles. The molecule has 31 heavy (non-hydrogen) atoms. The van der Waals surface area contributed by atoms with E-state index in [0.29, 0.717) is 31.9 Å². The molecule has 1 unspecified atom stereocenters. The maximum Gasteiger partial charge on any atom is 0.220 e. The van der Waals surface area contributed by atoms with Crippen molar-refractivity contribution in [3.63, 3.8) is 0 Å². The van der Waals surface area contributed by atoms with E-state index in [0.717, 1.165) is 34.7 Å². The number of rotatable bonds is 6. The fraction of sp³-hybridized carbons (Fsp3) is 0.231. The molecule has 0 saturated heterocycles. The molecule has 1 amide bonds. The largest absolute Gasteiger partial charge is 0.493 e. The van der Waals surface area contributed by atoms with Gasteiger partial charge >= 0.3 is 0 Å². The number of aromatic nitrogens is 2. The zero-order valence-corrected chi connectivity index (χ0v) is 17.3. The first kappa shape index (κ1) is 19.4. The van der Waals surface area contributed by atoms with Gasteiger partial charge in [0, 0.05) is 31.0 Å². The molecule has 0 spiro atoms. The van der Waals surface area contributed by atoms with Crippen molar-refractivity contribution >= 4 is 16.9 Å². The lowest BCUT2D eigenvalue weighted by Crippen LogP contribution is -2.35. The van der Waals surface area contributed by atoms with E-state index >= 15 is 0 Å². The summed E-state index contributed by atoms with van der Waals surface area (Å²) in [4.78, 5) is 17.4. The van der Waals surface area contributed by atoms with E-state index in [4.69, 9.17) is 9.72 Å². The Morgan fingerprint density at radius 2 is 1.77 bits per heavy atom. The van der Waals surface area contributed by atoms with E-state index in [2.05, 4.69) is 34.1 Å². The first-order valence-corrected chi connectivity index (χ1v) is 10.8. The number of ether oxygens (including phenoxy) is 1. The van der Waals surface area contributed by atoms with Gasteiger partial charge in [-0.3, -0.25) is 9.36 Å². The van der Waals surface area contributed by atoms with Crippen LogP contribution in [0.1, 0.15) is 17.8 Å². The third-order valence-electron chi connectivity index (χ3n) is 5.76. The number of nitrogens with one attached hydrogen (secondary N) is 1. The van der Waals surface area contributed by atoms with Crippen molar-refractivity contribution in [2.75, 3.05) is 13.2 Å². The Labute approximate surface area is 181 Å². The Balaban J connectivity index is 1.24. The highest BCUT2D eigenvalue weighted by atomic mass is 16.5. The number of fused-ring (bicyclic) bond motifs is 2. The van der Waals surface area contributed by atoms with Crippen molar-refractivity contribution in [1.29, 1.82) is 0 Å². The highest BCUT2D eigenvalue weighted by molar-refractivity contribution is 5.79. The average molecular weight is 412 g/mol. The predicted octanol–water partition coefficient (Wildman–Crippen LogP) is 4.33. The lowest BCUT2D eigenvalue weighted by atomic mass is 9.97. The summed E-state index contributed by atoms with van der Waals surface area (Å²) in [5.74, 6) is 2.21. The monoisotopic (exact) mass is 411 g/mol. The van der Waals surface area contributed by atoms with Crippen LogP contribution >= 0.6 is 0 Å². The molecule has 4 aromatic rings. The predicted molar refractivity (Wildman–Crippen MR) is 122 cm³/mol. The summed E-state index contributed by atoms with van der Waals surface area (Å²) >= 11 is 0. The van der Waals surface area contributed by atoms with Gasteiger partial charge in [-0.2, -0.15) is 0 Å². The van der Waals surface area contributed by atoms with Crippen LogP contribution in [0, 0.1) is 5.92 Å². The fourth-order valence-electron chi connectivity index (χ4n) is 4.20. The molecule has 2 heterocycles. The Morgan fingerprint density at radius 1 is 1.00 bits per heavy atom. The van der Waals surface area contributed by atoms with Crippen LogP contribution in [-0.4, -0.2) is 28.6 Å². The van der Waals surface area contributed by atoms with Crippen molar-refractivity contribution < 1.29 is 9.53 Å². The lowest BCUT2D eigenvalue weighted by molar-refractivity contribution is -0.121. The summed E-state index contributed by atoms with van der Waals surface area (Å²) in [6.07, 6.45) is 1.92. The number of nitrogens with zero attached hydrogens (tertiary/aromatic N) is 2. The lowest BCUT2D eigenvalue weighted by Gasteiger charge is -2.25. The van der Waals surface area contributed by atoms with Gasteiger partial charge < -0.3 is 10.1 Å². The number of imidazole rings is 1. The molecule has 5 nitrogen and oxygen atoms in total. The smallest absolute Gasteiger partial charge is 0.220 e. The van der Waals surface area contributed by atoms with Gasteiger partial charge in [-0.1, -0.05) is 48.5 Å². The summed E-state index contributed by atoms with van der Waals surface area (Å²) in [6, 6.07) is 26.4. The molecule has 3 aromatic carbocycles. The normalized spacial score (nSPS) is 15.3. The van der Waals surface area contributed by atoms with Crippen LogP contribution in [0.3, 0.4) is 0 Å². The highest BCUT2D eigenvalue weighted by Gasteiger charge is 2.20. The summed E-state index contributed by atoms with van der Waals surface area (Å²) in [7, 11) is 0. The third kappa shape index (κ3) is 4.17. The minimum atomic E-state index is 0.0468. The number of hydrogen-bond acceptors (Lipinski definition) is 3. The molecule has 1 atom stereocenters. The van der Waals surface area contributed by atoms with Gasteiger partial charge in [0.25, 0.3) is 0 Å². The quantitative estimate of drug-likeness (QED) is 0.514. The zero-order chi connectivity index (χ0) is 21.0.